The molecular formula is C16H6Cl2F3N3OS. The van der Waals surface area contributed by atoms with Gasteiger partial charge in [0.05, 0.1) is 20.8 Å². The molecule has 4 nitrogen and oxygen atoms in total. The highest BCUT2D eigenvalue weighted by atomic mass is 35.5. The zero-order valence-corrected chi connectivity index (χ0v) is 14.8. The monoisotopic (exact) mass is 415 g/mol. The first kappa shape index (κ1) is 18.5. The van der Waals surface area contributed by atoms with E-state index in [-0.39, 0.29) is 31.8 Å². The maximum Gasteiger partial charge on any atom is 0.416 e. The Morgan fingerprint density at radius 3 is 2.58 bits per heavy atom. The van der Waals surface area contributed by atoms with Crippen molar-refractivity contribution in [3.8, 4) is 6.07 Å². The molecule has 3 rings (SSSR count). The SMILES string of the molecule is N#C/C(=C(/O)c1cnc(Cl)c(Cl)c1)c1nc2cc(C(F)(F)F)ccc2s1. The molecule has 1 aromatic carbocycles. The Balaban J connectivity index is 2.13. The number of nitrogens with zero attached hydrogens (tertiary/aromatic N) is 3. The first-order valence-electron chi connectivity index (χ1n) is 6.83. The molecule has 0 aliphatic heterocycles. The third-order valence-electron chi connectivity index (χ3n) is 3.35. The highest BCUT2D eigenvalue weighted by Gasteiger charge is 2.31. The second-order valence-electron chi connectivity index (χ2n) is 5.03. The lowest BCUT2D eigenvalue weighted by Crippen LogP contribution is -2.03. The Morgan fingerprint density at radius 2 is 1.96 bits per heavy atom. The van der Waals surface area contributed by atoms with Gasteiger partial charge in [0.1, 0.15) is 27.6 Å². The van der Waals surface area contributed by atoms with E-state index >= 15 is 0 Å². The topological polar surface area (TPSA) is 69.8 Å². The van der Waals surface area contributed by atoms with Gasteiger partial charge in [0.15, 0.2) is 0 Å². The molecule has 2 heterocycles. The van der Waals surface area contributed by atoms with Crippen LogP contribution in [0.2, 0.25) is 10.2 Å². The number of aromatic nitrogens is 2. The minimum atomic E-state index is -4.50. The Hall–Kier alpha value is -2.34. The summed E-state index contributed by atoms with van der Waals surface area (Å²) in [6, 6.07) is 6.22. The zero-order valence-electron chi connectivity index (χ0n) is 12.5. The number of thiazole rings is 1. The summed E-state index contributed by atoms with van der Waals surface area (Å²) < 4.78 is 38.9. The molecule has 10 heteroatoms. The molecule has 0 radical (unpaired) electrons. The van der Waals surface area contributed by atoms with Crippen molar-refractivity contribution in [3.05, 3.63) is 56.8 Å². The van der Waals surface area contributed by atoms with Crippen LogP contribution in [-0.2, 0) is 6.18 Å². The molecule has 0 unspecified atom stereocenters. The fourth-order valence-corrected chi connectivity index (χ4v) is 3.32. The number of allylic oxidation sites excluding steroid dienone is 1. The molecule has 0 atom stereocenters. The van der Waals surface area contributed by atoms with Gasteiger partial charge < -0.3 is 5.11 Å². The van der Waals surface area contributed by atoms with Gasteiger partial charge in [0.25, 0.3) is 0 Å². The Labute approximate surface area is 158 Å². The van der Waals surface area contributed by atoms with E-state index in [0.29, 0.717) is 4.70 Å². The highest BCUT2D eigenvalue weighted by molar-refractivity contribution is 7.19. The third-order valence-corrected chi connectivity index (χ3v) is 5.09. The minimum Gasteiger partial charge on any atom is -0.506 e. The van der Waals surface area contributed by atoms with E-state index < -0.39 is 17.5 Å². The van der Waals surface area contributed by atoms with Crippen LogP contribution in [0, 0.1) is 11.3 Å². The molecule has 0 amide bonds. The van der Waals surface area contributed by atoms with E-state index in [4.69, 9.17) is 23.2 Å². The van der Waals surface area contributed by atoms with Crippen LogP contribution in [0.4, 0.5) is 13.2 Å². The van der Waals surface area contributed by atoms with Crippen molar-refractivity contribution >= 4 is 56.1 Å². The average Bonchev–Trinajstić information content (AvgIpc) is 2.99. The van der Waals surface area contributed by atoms with Gasteiger partial charge >= 0.3 is 6.18 Å². The number of fused-ring (bicyclic) bond motifs is 1. The second kappa shape index (κ2) is 6.76. The number of hydrogen-bond acceptors (Lipinski definition) is 5. The van der Waals surface area contributed by atoms with Gasteiger partial charge in [-0.1, -0.05) is 23.2 Å². The first-order valence-corrected chi connectivity index (χ1v) is 8.41. The number of aliphatic hydroxyl groups is 1. The standard InChI is InChI=1S/C16H6Cl2F3N3OS/c17-10-3-7(6-23-14(10)18)13(25)9(5-22)15-24-11-4-8(16(19,20)21)1-2-12(11)26-15/h1-4,6,25H/b13-9-. The molecule has 0 bridgehead atoms. The van der Waals surface area contributed by atoms with Gasteiger partial charge in [-0.25, -0.2) is 9.97 Å². The number of hydrogen-bond donors (Lipinski definition) is 1. The van der Waals surface area contributed by atoms with E-state index in [0.717, 1.165) is 23.5 Å². The summed E-state index contributed by atoms with van der Waals surface area (Å²) in [6.45, 7) is 0. The molecule has 132 valence electrons. The van der Waals surface area contributed by atoms with Crippen LogP contribution in [-0.4, -0.2) is 15.1 Å². The van der Waals surface area contributed by atoms with Crippen molar-refractivity contribution in [2.75, 3.05) is 0 Å². The Bertz CT molecular complexity index is 1090. The van der Waals surface area contributed by atoms with E-state index in [1.54, 1.807) is 0 Å². The summed E-state index contributed by atoms with van der Waals surface area (Å²) in [4.78, 5) is 7.82. The van der Waals surface area contributed by atoms with Crippen LogP contribution >= 0.6 is 34.5 Å². The van der Waals surface area contributed by atoms with Gasteiger partial charge in [-0.15, -0.1) is 11.3 Å². The van der Waals surface area contributed by atoms with Crippen molar-refractivity contribution in [3.63, 3.8) is 0 Å². The number of rotatable bonds is 2. The Morgan fingerprint density at radius 1 is 1.23 bits per heavy atom. The van der Waals surface area contributed by atoms with Crippen molar-refractivity contribution in [1.29, 1.82) is 5.26 Å². The summed E-state index contributed by atoms with van der Waals surface area (Å²) in [5, 5.41) is 19.9. The lowest BCUT2D eigenvalue weighted by Gasteiger charge is -2.04. The van der Waals surface area contributed by atoms with Crippen LogP contribution in [0.1, 0.15) is 16.1 Å². The van der Waals surface area contributed by atoms with Gasteiger partial charge in [-0.2, -0.15) is 18.4 Å². The lowest BCUT2D eigenvalue weighted by molar-refractivity contribution is -0.137. The predicted molar refractivity (Wildman–Crippen MR) is 93.9 cm³/mol. The molecule has 26 heavy (non-hydrogen) atoms. The van der Waals surface area contributed by atoms with Gasteiger partial charge in [0, 0.05) is 11.8 Å². The summed E-state index contributed by atoms with van der Waals surface area (Å²) in [5.41, 5.74) is -0.846. The maximum absolute atomic E-state index is 12.8. The molecular weight excluding hydrogens is 410 g/mol. The number of halogens is 5. The quantitative estimate of drug-likeness (QED) is 0.318. The molecule has 0 aliphatic carbocycles. The smallest absolute Gasteiger partial charge is 0.416 e. The van der Waals surface area contributed by atoms with Gasteiger partial charge in [-0.3, -0.25) is 0 Å². The number of pyridine rings is 1. The van der Waals surface area contributed by atoms with Crippen LogP contribution in [0.5, 0.6) is 0 Å². The van der Waals surface area contributed by atoms with Crippen LogP contribution in [0.25, 0.3) is 21.5 Å². The van der Waals surface area contributed by atoms with Crippen LogP contribution < -0.4 is 0 Å². The van der Waals surface area contributed by atoms with Crippen molar-refractivity contribution in [1.82, 2.24) is 9.97 Å². The minimum absolute atomic E-state index is 0.0291. The van der Waals surface area contributed by atoms with Crippen molar-refractivity contribution < 1.29 is 18.3 Å². The lowest BCUT2D eigenvalue weighted by atomic mass is 10.1. The number of aliphatic hydroxyl groups excluding tert-OH is 1. The summed E-state index contributed by atoms with van der Waals surface area (Å²) >= 11 is 12.5. The fraction of sp³-hybridized carbons (Fsp3) is 0.0625. The van der Waals surface area contributed by atoms with E-state index in [1.165, 1.54) is 18.3 Å². The summed E-state index contributed by atoms with van der Waals surface area (Å²) in [7, 11) is 0. The maximum atomic E-state index is 12.8. The molecule has 3 aromatic rings. The van der Waals surface area contributed by atoms with Crippen molar-refractivity contribution in [2.24, 2.45) is 0 Å². The zero-order chi connectivity index (χ0) is 19.1. The second-order valence-corrected chi connectivity index (χ2v) is 6.83. The largest absolute Gasteiger partial charge is 0.506 e. The molecule has 0 saturated heterocycles. The normalized spacial score (nSPS) is 12.8. The van der Waals surface area contributed by atoms with E-state index in [2.05, 4.69) is 9.97 Å². The number of alkyl halides is 3. The summed E-state index contributed by atoms with van der Waals surface area (Å²) in [6.07, 6.45) is -3.28. The first-order chi connectivity index (χ1) is 12.2. The van der Waals surface area contributed by atoms with Crippen molar-refractivity contribution in [2.45, 2.75) is 6.18 Å². The summed E-state index contributed by atoms with van der Waals surface area (Å²) in [5.74, 6) is -0.450. The molecule has 0 aliphatic rings. The molecule has 0 fully saturated rings. The van der Waals surface area contributed by atoms with E-state index in [1.807, 2.05) is 6.07 Å². The molecule has 2 aromatic heterocycles. The number of benzene rings is 1. The molecule has 0 saturated carbocycles. The van der Waals surface area contributed by atoms with Gasteiger partial charge in [0.2, 0.25) is 0 Å². The Kier molecular flexibility index (Phi) is 4.80. The number of nitriles is 1. The third kappa shape index (κ3) is 3.46. The molecule has 1 N–H and O–H groups in total. The fourth-order valence-electron chi connectivity index (χ4n) is 2.11. The van der Waals surface area contributed by atoms with Gasteiger partial charge in [-0.05, 0) is 24.3 Å². The van der Waals surface area contributed by atoms with Crippen LogP contribution in [0.15, 0.2) is 30.5 Å². The van der Waals surface area contributed by atoms with Crippen LogP contribution in [0.3, 0.4) is 0 Å². The predicted octanol–water partition coefficient (Wildman–Crippen LogP) is 5.97. The highest BCUT2D eigenvalue weighted by Crippen LogP contribution is 2.35. The average molecular weight is 416 g/mol. The van der Waals surface area contributed by atoms with E-state index in [9.17, 15) is 23.5 Å². The molecule has 0 spiro atoms.